The van der Waals surface area contributed by atoms with Gasteiger partial charge in [0.25, 0.3) is 0 Å². The lowest BCUT2D eigenvalue weighted by Crippen LogP contribution is -2.15. The van der Waals surface area contributed by atoms with Gasteiger partial charge in [-0.05, 0) is 48.1 Å². The van der Waals surface area contributed by atoms with Gasteiger partial charge in [0.05, 0.1) is 21.3 Å². The Morgan fingerprint density at radius 3 is 1.73 bits per heavy atom. The summed E-state index contributed by atoms with van der Waals surface area (Å²) in [7, 11) is 4.62. The molecule has 0 aliphatic heterocycles. The molecule has 0 saturated heterocycles. The third kappa shape index (κ3) is 3.55. The summed E-state index contributed by atoms with van der Waals surface area (Å²) < 4.78 is 16.3. The van der Waals surface area contributed by atoms with Crippen molar-refractivity contribution in [2.45, 2.75) is 40.0 Å². The lowest BCUT2D eigenvalue weighted by Gasteiger charge is -2.23. The summed E-state index contributed by atoms with van der Waals surface area (Å²) in [6, 6.07) is 7.62. The maximum absolute atomic E-state index is 13.5. The Bertz CT molecular complexity index is 806. The normalized spacial score (nSPS) is 11.2. The molecule has 4 nitrogen and oxygen atoms in total. The minimum Gasteiger partial charge on any atom is -0.496 e. The highest BCUT2D eigenvalue weighted by atomic mass is 16.5. The summed E-state index contributed by atoms with van der Waals surface area (Å²) in [5.74, 6) is 1.22. The Labute approximate surface area is 156 Å². The Morgan fingerprint density at radius 2 is 1.31 bits per heavy atom. The average molecular weight is 356 g/mol. The zero-order valence-corrected chi connectivity index (χ0v) is 16.9. The number of hydrogen-bond donors (Lipinski definition) is 0. The predicted octanol–water partition coefficient (Wildman–Crippen LogP) is 4.86. The van der Waals surface area contributed by atoms with Gasteiger partial charge in [0, 0.05) is 5.56 Å². The number of ketones is 1. The Morgan fingerprint density at radius 1 is 0.808 bits per heavy atom. The van der Waals surface area contributed by atoms with Crippen molar-refractivity contribution in [3.63, 3.8) is 0 Å². The van der Waals surface area contributed by atoms with Gasteiger partial charge >= 0.3 is 0 Å². The SMILES string of the molecule is COc1ccc(OC)c(C(=O)c2c(C)cc(C(C)(C)C)cc2C)c1OC. The molecule has 0 amide bonds. The van der Waals surface area contributed by atoms with Gasteiger partial charge in [-0.2, -0.15) is 0 Å². The molecule has 0 N–H and O–H groups in total. The molecular weight excluding hydrogens is 328 g/mol. The van der Waals surface area contributed by atoms with Crippen molar-refractivity contribution in [2.75, 3.05) is 21.3 Å². The molecule has 0 bridgehead atoms. The first-order valence-corrected chi connectivity index (χ1v) is 8.61. The smallest absolute Gasteiger partial charge is 0.201 e. The molecule has 0 aliphatic rings. The van der Waals surface area contributed by atoms with Crippen LogP contribution in [0.1, 0.15) is 53.4 Å². The van der Waals surface area contributed by atoms with E-state index in [1.165, 1.54) is 12.7 Å². The number of methoxy groups -OCH3 is 3. The molecule has 26 heavy (non-hydrogen) atoms. The molecule has 2 aromatic rings. The number of benzene rings is 2. The summed E-state index contributed by atoms with van der Waals surface area (Å²) in [4.78, 5) is 13.5. The highest BCUT2D eigenvalue weighted by molar-refractivity contribution is 6.14. The van der Waals surface area contributed by atoms with E-state index in [4.69, 9.17) is 14.2 Å². The van der Waals surface area contributed by atoms with Crippen LogP contribution in [-0.2, 0) is 5.41 Å². The molecule has 0 saturated carbocycles. The number of carbonyl (C=O) groups is 1. The lowest BCUT2D eigenvalue weighted by molar-refractivity contribution is 0.103. The van der Waals surface area contributed by atoms with E-state index in [0.29, 0.717) is 28.4 Å². The fraction of sp³-hybridized carbons (Fsp3) is 0.409. The lowest BCUT2D eigenvalue weighted by atomic mass is 9.82. The number of rotatable bonds is 5. The zero-order valence-electron chi connectivity index (χ0n) is 16.9. The molecule has 2 rings (SSSR count). The van der Waals surface area contributed by atoms with Crippen molar-refractivity contribution in [3.8, 4) is 17.2 Å². The summed E-state index contributed by atoms with van der Waals surface area (Å²) in [6.45, 7) is 10.4. The molecule has 0 aliphatic carbocycles. The van der Waals surface area contributed by atoms with E-state index < -0.39 is 0 Å². The molecule has 2 aromatic carbocycles. The first kappa shape index (κ1) is 19.8. The van der Waals surface area contributed by atoms with Gasteiger partial charge in [0.1, 0.15) is 11.3 Å². The van der Waals surface area contributed by atoms with Crippen LogP contribution in [0.25, 0.3) is 0 Å². The van der Waals surface area contributed by atoms with Crippen LogP contribution < -0.4 is 14.2 Å². The molecule has 0 radical (unpaired) electrons. The molecule has 0 atom stereocenters. The van der Waals surface area contributed by atoms with Gasteiger partial charge in [0.15, 0.2) is 11.5 Å². The summed E-state index contributed by atoms with van der Waals surface area (Å²) in [5, 5.41) is 0. The van der Waals surface area contributed by atoms with Crippen LogP contribution in [0.2, 0.25) is 0 Å². The second-order valence-corrected chi connectivity index (χ2v) is 7.44. The minimum atomic E-state index is -0.131. The number of aryl methyl sites for hydroxylation is 2. The highest BCUT2D eigenvalue weighted by Gasteiger charge is 2.27. The van der Waals surface area contributed by atoms with Gasteiger partial charge in [-0.3, -0.25) is 4.79 Å². The molecule has 0 fully saturated rings. The van der Waals surface area contributed by atoms with E-state index in [-0.39, 0.29) is 11.2 Å². The number of hydrogen-bond acceptors (Lipinski definition) is 4. The van der Waals surface area contributed by atoms with E-state index in [0.717, 1.165) is 11.1 Å². The molecular formula is C22H28O4. The zero-order chi connectivity index (χ0) is 19.6. The molecule has 0 spiro atoms. The third-order valence-electron chi connectivity index (χ3n) is 4.58. The fourth-order valence-electron chi connectivity index (χ4n) is 3.17. The van der Waals surface area contributed by atoms with Crippen LogP contribution in [0.15, 0.2) is 24.3 Å². The average Bonchev–Trinajstić information content (AvgIpc) is 2.58. The second kappa shape index (κ2) is 7.40. The minimum absolute atomic E-state index is 0.0163. The van der Waals surface area contributed by atoms with E-state index in [2.05, 4.69) is 32.9 Å². The summed E-state index contributed by atoms with van der Waals surface area (Å²) >= 11 is 0. The van der Waals surface area contributed by atoms with Gasteiger partial charge in [0.2, 0.25) is 5.78 Å². The maximum Gasteiger partial charge on any atom is 0.201 e. The Hall–Kier alpha value is -2.49. The molecule has 0 heterocycles. The van der Waals surface area contributed by atoms with Gasteiger partial charge < -0.3 is 14.2 Å². The molecule has 0 aromatic heterocycles. The highest BCUT2D eigenvalue weighted by Crippen LogP contribution is 2.40. The van der Waals surface area contributed by atoms with Crippen LogP contribution >= 0.6 is 0 Å². The van der Waals surface area contributed by atoms with Crippen LogP contribution in [0.4, 0.5) is 0 Å². The van der Waals surface area contributed by atoms with E-state index >= 15 is 0 Å². The Balaban J connectivity index is 2.71. The van der Waals surface area contributed by atoms with Gasteiger partial charge in [-0.15, -0.1) is 0 Å². The first-order valence-electron chi connectivity index (χ1n) is 8.61. The van der Waals surface area contributed by atoms with Gasteiger partial charge in [-0.25, -0.2) is 0 Å². The van der Waals surface area contributed by atoms with Crippen molar-refractivity contribution in [2.24, 2.45) is 0 Å². The topological polar surface area (TPSA) is 44.8 Å². The van der Waals surface area contributed by atoms with E-state index in [1.807, 2.05) is 13.8 Å². The largest absolute Gasteiger partial charge is 0.496 e. The molecule has 140 valence electrons. The summed E-state index contributed by atoms with van der Waals surface area (Å²) in [5.41, 5.74) is 4.14. The van der Waals surface area contributed by atoms with Crippen molar-refractivity contribution >= 4 is 5.78 Å². The second-order valence-electron chi connectivity index (χ2n) is 7.44. The Kier molecular flexibility index (Phi) is 5.65. The van der Waals surface area contributed by atoms with Crippen LogP contribution in [0.5, 0.6) is 17.2 Å². The van der Waals surface area contributed by atoms with E-state index in [1.54, 1.807) is 26.4 Å². The van der Waals surface area contributed by atoms with Crippen molar-refractivity contribution in [1.29, 1.82) is 0 Å². The first-order chi connectivity index (χ1) is 12.1. The number of carbonyl (C=O) groups excluding carboxylic acids is 1. The molecule has 0 unspecified atom stereocenters. The van der Waals surface area contributed by atoms with Crippen molar-refractivity contribution in [1.82, 2.24) is 0 Å². The predicted molar refractivity (Wildman–Crippen MR) is 104 cm³/mol. The molecule has 4 heteroatoms. The standard InChI is InChI=1S/C22H28O4/c1-13-11-15(22(3,4)5)12-14(2)18(13)20(23)19-16(24-6)9-10-17(25-7)21(19)26-8/h9-12H,1-8H3. The third-order valence-corrected chi connectivity index (χ3v) is 4.58. The summed E-state index contributed by atoms with van der Waals surface area (Å²) in [6.07, 6.45) is 0. The van der Waals surface area contributed by atoms with Crippen LogP contribution in [0.3, 0.4) is 0 Å². The van der Waals surface area contributed by atoms with Gasteiger partial charge in [-0.1, -0.05) is 32.9 Å². The van der Waals surface area contributed by atoms with Crippen LogP contribution in [0, 0.1) is 13.8 Å². The van der Waals surface area contributed by atoms with Crippen molar-refractivity contribution in [3.05, 3.63) is 52.1 Å². The maximum atomic E-state index is 13.5. The fourth-order valence-corrected chi connectivity index (χ4v) is 3.17. The van der Waals surface area contributed by atoms with Crippen molar-refractivity contribution < 1.29 is 19.0 Å². The monoisotopic (exact) mass is 356 g/mol. The van der Waals surface area contributed by atoms with Crippen LogP contribution in [-0.4, -0.2) is 27.1 Å². The van der Waals surface area contributed by atoms with E-state index in [9.17, 15) is 4.79 Å². The quantitative estimate of drug-likeness (QED) is 0.718. The number of ether oxygens (including phenoxy) is 3.